The van der Waals surface area contributed by atoms with E-state index < -0.39 is 97.5 Å². The fourth-order valence-electron chi connectivity index (χ4n) is 11.6. The lowest BCUT2D eigenvalue weighted by atomic mass is 10.00. The third kappa shape index (κ3) is 69.0. The zero-order valence-corrected chi connectivity index (χ0v) is 63.8. The molecule has 0 bridgehead atoms. The normalized spacial score (nSPS) is 14.3. The predicted molar refractivity (Wildman–Crippen MR) is 386 cm³/mol. The molecule has 3 unspecified atom stereocenters. The highest BCUT2D eigenvalue weighted by Crippen LogP contribution is 2.45. The van der Waals surface area contributed by atoms with Crippen molar-refractivity contribution in [1.29, 1.82) is 0 Å². The van der Waals surface area contributed by atoms with Crippen LogP contribution in [0.2, 0.25) is 0 Å². The van der Waals surface area contributed by atoms with Crippen molar-refractivity contribution in [3.63, 3.8) is 0 Å². The van der Waals surface area contributed by atoms with Crippen molar-refractivity contribution in [3.05, 3.63) is 0 Å². The third-order valence-corrected chi connectivity index (χ3v) is 20.0. The summed E-state index contributed by atoms with van der Waals surface area (Å²) in [6, 6.07) is 0. The Hall–Kier alpha value is -1.94. The number of carbonyl (C=O) groups excluding carboxylic acids is 4. The highest BCUT2D eigenvalue weighted by Gasteiger charge is 2.30. The third-order valence-electron chi connectivity index (χ3n) is 18.1. The van der Waals surface area contributed by atoms with Gasteiger partial charge in [0.1, 0.15) is 19.3 Å². The quantitative estimate of drug-likeness (QED) is 0.0222. The van der Waals surface area contributed by atoms with Crippen LogP contribution in [0.25, 0.3) is 0 Å². The van der Waals surface area contributed by atoms with E-state index in [9.17, 15) is 43.2 Å². The minimum absolute atomic E-state index is 0.102. The average molecular weight is 1400 g/mol. The van der Waals surface area contributed by atoms with Gasteiger partial charge >= 0.3 is 39.5 Å². The van der Waals surface area contributed by atoms with Gasteiger partial charge in [0.2, 0.25) is 0 Å². The Morgan fingerprint density at radius 3 is 0.800 bits per heavy atom. The van der Waals surface area contributed by atoms with Crippen molar-refractivity contribution in [2.75, 3.05) is 39.6 Å². The summed E-state index contributed by atoms with van der Waals surface area (Å²) < 4.78 is 68.4. The van der Waals surface area contributed by atoms with Gasteiger partial charge in [0, 0.05) is 25.7 Å². The SMILES string of the molecule is CCCCCCCCCCCCCCCCCCCCCCCC(=O)O[C@H](COC(=O)CCCCCCCCCCCCCCCCC)COP(=O)(O)OC[C@@H](O)COP(=O)(O)OC[C@@H](COC(=O)CCCCCCCCC(C)C)OC(=O)CCCCCCCCC(C)CC. The van der Waals surface area contributed by atoms with E-state index in [2.05, 4.69) is 41.5 Å². The van der Waals surface area contributed by atoms with Gasteiger partial charge in [-0.2, -0.15) is 0 Å². The summed E-state index contributed by atoms with van der Waals surface area (Å²) in [4.78, 5) is 72.7. The molecule has 3 N–H and O–H groups in total. The van der Waals surface area contributed by atoms with Crippen molar-refractivity contribution in [2.45, 2.75) is 413 Å². The van der Waals surface area contributed by atoms with Gasteiger partial charge in [0.05, 0.1) is 26.4 Å². The highest BCUT2D eigenvalue weighted by molar-refractivity contribution is 7.47. The van der Waals surface area contributed by atoms with E-state index in [1.54, 1.807) is 0 Å². The maximum atomic E-state index is 13.1. The molecule has 95 heavy (non-hydrogen) atoms. The predicted octanol–water partition coefficient (Wildman–Crippen LogP) is 22.3. The number of phosphoric ester groups is 2. The molecule has 0 aromatic carbocycles. The largest absolute Gasteiger partial charge is 0.472 e. The zero-order chi connectivity index (χ0) is 70.0. The van der Waals surface area contributed by atoms with Crippen LogP contribution in [0.15, 0.2) is 0 Å². The maximum Gasteiger partial charge on any atom is 0.472 e. The monoisotopic (exact) mass is 1400 g/mol. The summed E-state index contributed by atoms with van der Waals surface area (Å²) in [5, 5.41) is 10.6. The summed E-state index contributed by atoms with van der Waals surface area (Å²) in [5.74, 6) is -0.722. The van der Waals surface area contributed by atoms with Crippen LogP contribution >= 0.6 is 15.6 Å². The molecule has 0 aromatic heterocycles. The highest BCUT2D eigenvalue weighted by atomic mass is 31.2. The second-order valence-corrected chi connectivity index (χ2v) is 31.0. The van der Waals surface area contributed by atoms with Gasteiger partial charge in [-0.05, 0) is 37.5 Å². The van der Waals surface area contributed by atoms with Gasteiger partial charge in [-0.25, -0.2) is 9.13 Å². The summed E-state index contributed by atoms with van der Waals surface area (Å²) in [6.45, 7) is 9.46. The minimum atomic E-state index is -4.96. The van der Waals surface area contributed by atoms with Crippen LogP contribution in [-0.2, 0) is 65.4 Å². The Balaban J connectivity index is 5.19. The van der Waals surface area contributed by atoms with Crippen molar-refractivity contribution in [1.82, 2.24) is 0 Å². The molecule has 0 fully saturated rings. The second kappa shape index (κ2) is 67.9. The van der Waals surface area contributed by atoms with Gasteiger partial charge in [0.15, 0.2) is 12.2 Å². The average Bonchev–Trinajstić information content (AvgIpc) is 3.65. The smallest absolute Gasteiger partial charge is 0.462 e. The molecule has 0 saturated carbocycles. The van der Waals surface area contributed by atoms with Crippen LogP contribution in [0, 0.1) is 11.8 Å². The first-order chi connectivity index (χ1) is 45.9. The standard InChI is InChI=1S/C76H148O17P2/c1-7-10-12-14-16-18-20-22-24-25-26-27-28-29-31-33-35-37-39-48-54-60-75(80)92-71(64-86-73(78)58-52-46-38-36-34-32-30-23-21-19-17-15-13-11-8-2)66-90-94(82,83)88-62-70(77)63-89-95(84,85)91-67-72(65-87-74(79)59-53-47-42-40-44-50-56-68(4)5)93-76(81)61-55-49-43-41-45-51-57-69(6)9-3/h68-72,77H,7-67H2,1-6H3,(H,82,83)(H,84,85)/t69?,70-,71-,72-/m1/s1. The molecule has 0 saturated heterocycles. The zero-order valence-electron chi connectivity index (χ0n) is 62.0. The summed E-state index contributed by atoms with van der Waals surface area (Å²) >= 11 is 0. The Labute approximate surface area is 581 Å². The molecule has 19 heteroatoms. The summed E-state index contributed by atoms with van der Waals surface area (Å²) in [5.41, 5.74) is 0. The first kappa shape index (κ1) is 93.1. The Bertz CT molecular complexity index is 1840. The van der Waals surface area contributed by atoms with E-state index in [1.807, 2.05) is 0 Å². The van der Waals surface area contributed by atoms with Crippen LogP contribution < -0.4 is 0 Å². The molecule has 0 aliphatic rings. The molecule has 0 heterocycles. The van der Waals surface area contributed by atoms with E-state index in [-0.39, 0.29) is 25.7 Å². The summed E-state index contributed by atoms with van der Waals surface area (Å²) in [6.07, 6.45) is 55.9. The Morgan fingerprint density at radius 1 is 0.305 bits per heavy atom. The number of esters is 4. The maximum absolute atomic E-state index is 13.1. The first-order valence-electron chi connectivity index (χ1n) is 39.5. The number of hydrogen-bond acceptors (Lipinski definition) is 15. The van der Waals surface area contributed by atoms with Crippen LogP contribution in [0.1, 0.15) is 395 Å². The van der Waals surface area contributed by atoms with E-state index in [0.29, 0.717) is 31.6 Å². The van der Waals surface area contributed by atoms with Gasteiger partial charge in [0.25, 0.3) is 0 Å². The molecule has 0 rings (SSSR count). The van der Waals surface area contributed by atoms with Gasteiger partial charge in [-0.1, -0.05) is 343 Å². The Kier molecular flexibility index (Phi) is 66.5. The van der Waals surface area contributed by atoms with Crippen LogP contribution in [0.5, 0.6) is 0 Å². The molecule has 6 atom stereocenters. The summed E-state index contributed by atoms with van der Waals surface area (Å²) in [7, 11) is -9.91. The van der Waals surface area contributed by atoms with Crippen LogP contribution in [0.3, 0.4) is 0 Å². The number of rotatable bonds is 75. The van der Waals surface area contributed by atoms with Crippen molar-refractivity contribution in [2.24, 2.45) is 11.8 Å². The van der Waals surface area contributed by atoms with Crippen molar-refractivity contribution < 1.29 is 80.2 Å². The number of aliphatic hydroxyl groups excluding tert-OH is 1. The number of aliphatic hydroxyl groups is 1. The molecule has 0 amide bonds. The molecular formula is C76H148O17P2. The fraction of sp³-hybridized carbons (Fsp3) is 0.947. The molecule has 17 nitrogen and oxygen atoms in total. The fourth-order valence-corrected chi connectivity index (χ4v) is 13.2. The van der Waals surface area contributed by atoms with Gasteiger partial charge in [-0.3, -0.25) is 37.3 Å². The molecule has 564 valence electrons. The van der Waals surface area contributed by atoms with E-state index >= 15 is 0 Å². The molecule has 0 spiro atoms. The van der Waals surface area contributed by atoms with Crippen molar-refractivity contribution >= 4 is 39.5 Å². The van der Waals surface area contributed by atoms with E-state index in [4.69, 9.17) is 37.0 Å². The van der Waals surface area contributed by atoms with Crippen LogP contribution in [-0.4, -0.2) is 96.7 Å². The molecule has 0 aromatic rings. The van der Waals surface area contributed by atoms with Gasteiger partial charge < -0.3 is 33.8 Å². The topological polar surface area (TPSA) is 237 Å². The second-order valence-electron chi connectivity index (χ2n) is 28.1. The number of carbonyl (C=O) groups is 4. The number of ether oxygens (including phenoxy) is 4. The lowest BCUT2D eigenvalue weighted by Gasteiger charge is -2.21. The molecule has 0 radical (unpaired) electrons. The van der Waals surface area contributed by atoms with E-state index in [0.717, 1.165) is 102 Å². The first-order valence-corrected chi connectivity index (χ1v) is 42.5. The lowest BCUT2D eigenvalue weighted by Crippen LogP contribution is -2.30. The number of unbranched alkanes of at least 4 members (excludes halogenated alkanes) is 44. The van der Waals surface area contributed by atoms with Gasteiger partial charge in [-0.15, -0.1) is 0 Å². The van der Waals surface area contributed by atoms with E-state index in [1.165, 1.54) is 205 Å². The number of phosphoric acid groups is 2. The lowest BCUT2D eigenvalue weighted by molar-refractivity contribution is -0.161. The Morgan fingerprint density at radius 2 is 0.537 bits per heavy atom. The van der Waals surface area contributed by atoms with Crippen LogP contribution in [0.4, 0.5) is 0 Å². The molecular weight excluding hydrogens is 1250 g/mol. The minimum Gasteiger partial charge on any atom is -0.462 e. The molecule has 0 aliphatic heterocycles. The van der Waals surface area contributed by atoms with Crippen molar-refractivity contribution in [3.8, 4) is 0 Å². The number of hydrogen-bond donors (Lipinski definition) is 3. The molecule has 0 aliphatic carbocycles.